The smallest absolute Gasteiger partial charge is 0.0181 e. The van der Waals surface area contributed by atoms with Gasteiger partial charge in [0.15, 0.2) is 0 Å². The van der Waals surface area contributed by atoms with Crippen molar-refractivity contribution in [3.63, 3.8) is 0 Å². The highest BCUT2D eigenvalue weighted by molar-refractivity contribution is 9.10. The number of rotatable bonds is 0. The summed E-state index contributed by atoms with van der Waals surface area (Å²) in [4.78, 5) is 0. The summed E-state index contributed by atoms with van der Waals surface area (Å²) >= 11 is 3.59. The van der Waals surface area contributed by atoms with Crippen molar-refractivity contribution in [2.75, 3.05) is 0 Å². The monoisotopic (exact) mass is 296 g/mol. The van der Waals surface area contributed by atoms with E-state index in [0.717, 1.165) is 6.42 Å². The van der Waals surface area contributed by atoms with Crippen molar-refractivity contribution in [3.8, 4) is 0 Å². The Morgan fingerprint density at radius 3 is 2.61 bits per heavy atom. The second-order valence-electron chi connectivity index (χ2n) is 5.09. The molecule has 0 aromatic heterocycles. The lowest BCUT2D eigenvalue weighted by Gasteiger charge is -2.18. The van der Waals surface area contributed by atoms with Crippen LogP contribution in [0.3, 0.4) is 0 Å². The van der Waals surface area contributed by atoms with Gasteiger partial charge in [-0.1, -0.05) is 46.3 Å². The van der Waals surface area contributed by atoms with Gasteiger partial charge in [0.2, 0.25) is 0 Å². The molecule has 0 saturated heterocycles. The third-order valence-corrected chi connectivity index (χ3v) is 4.61. The first-order valence-corrected chi connectivity index (χ1v) is 7.21. The van der Waals surface area contributed by atoms with E-state index in [1.165, 1.54) is 39.6 Å². The molecule has 0 nitrogen and oxygen atoms in total. The molecule has 0 aliphatic heterocycles. The molecule has 88 valence electrons. The molecule has 0 bridgehead atoms. The van der Waals surface area contributed by atoms with Gasteiger partial charge in [-0.15, -0.1) is 0 Å². The van der Waals surface area contributed by atoms with E-state index < -0.39 is 0 Å². The molecule has 18 heavy (non-hydrogen) atoms. The van der Waals surface area contributed by atoms with Gasteiger partial charge in [0.25, 0.3) is 0 Å². The van der Waals surface area contributed by atoms with Gasteiger partial charge in [-0.05, 0) is 64.8 Å². The first-order valence-electron chi connectivity index (χ1n) is 6.42. The van der Waals surface area contributed by atoms with Crippen LogP contribution in [0.5, 0.6) is 0 Å². The number of allylic oxidation sites excluding steroid dienone is 2. The van der Waals surface area contributed by atoms with Crippen LogP contribution in [-0.4, -0.2) is 0 Å². The molecule has 2 aromatic carbocycles. The third-order valence-electron chi connectivity index (χ3n) is 4.12. The number of hydrogen-bond acceptors (Lipinski definition) is 0. The van der Waals surface area contributed by atoms with E-state index in [4.69, 9.17) is 0 Å². The highest BCUT2D eigenvalue weighted by atomic mass is 79.9. The van der Waals surface area contributed by atoms with Crippen LogP contribution in [0.1, 0.15) is 28.7 Å². The summed E-state index contributed by atoms with van der Waals surface area (Å²) in [5.74, 6) is 0. The molecule has 0 amide bonds. The molecule has 1 heteroatoms. The Balaban J connectivity index is 1.94. The summed E-state index contributed by atoms with van der Waals surface area (Å²) in [6.07, 6.45) is 3.48. The lowest BCUT2D eigenvalue weighted by molar-refractivity contribution is 0.996. The molecule has 4 rings (SSSR count). The summed E-state index contributed by atoms with van der Waals surface area (Å²) in [6, 6.07) is 15.6. The lowest BCUT2D eigenvalue weighted by Crippen LogP contribution is -2.01. The highest BCUT2D eigenvalue weighted by Crippen LogP contribution is 2.45. The minimum atomic E-state index is 1.11. The van der Waals surface area contributed by atoms with Crippen LogP contribution in [0.25, 0.3) is 11.1 Å². The Hall–Kier alpha value is -1.34. The fraction of sp³-hybridized carbons (Fsp3) is 0.176. The van der Waals surface area contributed by atoms with Crippen LogP contribution in [0, 0.1) is 0 Å². The molecule has 2 aromatic rings. The maximum atomic E-state index is 3.59. The van der Waals surface area contributed by atoms with Crippen molar-refractivity contribution in [1.29, 1.82) is 0 Å². The summed E-state index contributed by atoms with van der Waals surface area (Å²) < 4.78 is 1.19. The number of hydrogen-bond donors (Lipinski definition) is 0. The van der Waals surface area contributed by atoms with Crippen LogP contribution in [0.15, 0.2) is 46.9 Å². The Morgan fingerprint density at radius 2 is 1.67 bits per heavy atom. The van der Waals surface area contributed by atoms with Gasteiger partial charge in [0.05, 0.1) is 0 Å². The van der Waals surface area contributed by atoms with E-state index in [1.807, 2.05) is 0 Å². The maximum Gasteiger partial charge on any atom is 0.0181 e. The molecule has 0 fully saturated rings. The predicted molar refractivity (Wildman–Crippen MR) is 79.4 cm³/mol. The zero-order valence-corrected chi connectivity index (χ0v) is 11.6. The summed E-state index contributed by atoms with van der Waals surface area (Å²) in [6.45, 7) is 0. The van der Waals surface area contributed by atoms with Gasteiger partial charge in [-0.2, -0.15) is 0 Å². The first kappa shape index (κ1) is 10.6. The summed E-state index contributed by atoms with van der Waals surface area (Å²) in [7, 11) is 0. The second kappa shape index (κ2) is 3.83. The number of halogens is 1. The molecule has 2 aliphatic carbocycles. The van der Waals surface area contributed by atoms with Crippen LogP contribution in [0.4, 0.5) is 0 Å². The van der Waals surface area contributed by atoms with Crippen molar-refractivity contribution in [3.05, 3.63) is 69.2 Å². The molecular weight excluding hydrogens is 284 g/mol. The van der Waals surface area contributed by atoms with Crippen LogP contribution in [-0.2, 0) is 12.8 Å². The number of aryl methyl sites for hydroxylation is 1. The topological polar surface area (TPSA) is 0 Å². The SMILES string of the molecule is Brc1ccc2c(c1)C1=C(C2)c2ccccc2CC1. The molecule has 0 spiro atoms. The van der Waals surface area contributed by atoms with E-state index >= 15 is 0 Å². The van der Waals surface area contributed by atoms with Crippen molar-refractivity contribution in [2.45, 2.75) is 19.3 Å². The van der Waals surface area contributed by atoms with Crippen molar-refractivity contribution in [2.24, 2.45) is 0 Å². The number of benzene rings is 2. The zero-order chi connectivity index (χ0) is 12.1. The van der Waals surface area contributed by atoms with Gasteiger partial charge in [-0.25, -0.2) is 0 Å². The van der Waals surface area contributed by atoms with Gasteiger partial charge < -0.3 is 0 Å². The van der Waals surface area contributed by atoms with E-state index in [1.54, 1.807) is 11.1 Å². The van der Waals surface area contributed by atoms with E-state index in [0.29, 0.717) is 0 Å². The quantitative estimate of drug-likeness (QED) is 0.651. The Kier molecular flexibility index (Phi) is 2.25. The Morgan fingerprint density at radius 1 is 0.778 bits per heavy atom. The van der Waals surface area contributed by atoms with E-state index in [2.05, 4.69) is 58.4 Å². The molecule has 0 N–H and O–H groups in total. The van der Waals surface area contributed by atoms with E-state index in [9.17, 15) is 0 Å². The fourth-order valence-corrected chi connectivity index (χ4v) is 3.64. The minimum Gasteiger partial charge on any atom is -0.0620 e. The third kappa shape index (κ3) is 1.44. The van der Waals surface area contributed by atoms with Gasteiger partial charge >= 0.3 is 0 Å². The van der Waals surface area contributed by atoms with Crippen molar-refractivity contribution >= 4 is 27.1 Å². The standard InChI is InChI=1S/C17H13Br/c18-13-7-5-12-9-17-14-4-2-1-3-11(14)6-8-15(17)16(12)10-13/h1-5,7,10H,6,8-9H2. The normalized spacial score (nSPS) is 16.3. The molecule has 2 aliphatic rings. The molecular formula is C17H13Br. The molecule has 0 unspecified atom stereocenters. The minimum absolute atomic E-state index is 1.11. The molecule has 0 radical (unpaired) electrons. The van der Waals surface area contributed by atoms with Gasteiger partial charge in [0.1, 0.15) is 0 Å². The van der Waals surface area contributed by atoms with Crippen LogP contribution < -0.4 is 0 Å². The van der Waals surface area contributed by atoms with Crippen molar-refractivity contribution < 1.29 is 0 Å². The maximum absolute atomic E-state index is 3.59. The largest absolute Gasteiger partial charge is 0.0620 e. The molecule has 0 heterocycles. The van der Waals surface area contributed by atoms with Crippen molar-refractivity contribution in [1.82, 2.24) is 0 Å². The van der Waals surface area contributed by atoms with Crippen LogP contribution >= 0.6 is 15.9 Å². The average Bonchev–Trinajstić information content (AvgIpc) is 2.77. The molecule has 0 atom stereocenters. The Labute approximate surface area is 115 Å². The summed E-state index contributed by atoms with van der Waals surface area (Å²) in [5, 5.41) is 0. The predicted octanol–water partition coefficient (Wildman–Crippen LogP) is 4.86. The van der Waals surface area contributed by atoms with Crippen LogP contribution in [0.2, 0.25) is 0 Å². The fourth-order valence-electron chi connectivity index (χ4n) is 3.28. The number of fused-ring (bicyclic) bond motifs is 4. The Bertz CT molecular complexity index is 680. The summed E-state index contributed by atoms with van der Waals surface area (Å²) in [5.41, 5.74) is 9.08. The van der Waals surface area contributed by atoms with E-state index in [-0.39, 0.29) is 0 Å². The van der Waals surface area contributed by atoms with Gasteiger partial charge in [0, 0.05) is 4.47 Å². The zero-order valence-electron chi connectivity index (χ0n) is 10.0. The highest BCUT2D eigenvalue weighted by Gasteiger charge is 2.26. The first-order chi connectivity index (χ1) is 8.83. The average molecular weight is 297 g/mol. The second-order valence-corrected chi connectivity index (χ2v) is 6.01. The van der Waals surface area contributed by atoms with Gasteiger partial charge in [-0.3, -0.25) is 0 Å². The lowest BCUT2D eigenvalue weighted by atomic mass is 9.86. The molecule has 0 saturated carbocycles.